The van der Waals surface area contributed by atoms with E-state index >= 15 is 0 Å². The molecule has 0 aromatic heterocycles. The molecule has 2 atom stereocenters. The molecule has 0 fully saturated rings. The van der Waals surface area contributed by atoms with Gasteiger partial charge in [-0.1, -0.05) is 26.0 Å². The Kier molecular flexibility index (Phi) is 5.64. The van der Waals surface area contributed by atoms with Crippen molar-refractivity contribution < 1.29 is 4.39 Å². The summed E-state index contributed by atoms with van der Waals surface area (Å²) in [6, 6.07) is 9.03. The van der Waals surface area contributed by atoms with Crippen LogP contribution in [0.2, 0.25) is 0 Å². The number of hydrogen-bond acceptors (Lipinski definition) is 3. The van der Waals surface area contributed by atoms with Crippen LogP contribution in [0.15, 0.2) is 29.2 Å². The van der Waals surface area contributed by atoms with Crippen molar-refractivity contribution in [3.05, 3.63) is 30.1 Å². The van der Waals surface area contributed by atoms with E-state index < -0.39 is 5.54 Å². The van der Waals surface area contributed by atoms with Crippen molar-refractivity contribution >= 4 is 11.8 Å². The monoisotopic (exact) mass is 266 g/mol. The molecule has 1 N–H and O–H groups in total. The zero-order chi connectivity index (χ0) is 13.6. The van der Waals surface area contributed by atoms with Crippen LogP contribution in [0.25, 0.3) is 0 Å². The van der Waals surface area contributed by atoms with E-state index in [2.05, 4.69) is 11.4 Å². The average Bonchev–Trinajstić information content (AvgIpc) is 2.32. The first kappa shape index (κ1) is 15.0. The molecule has 0 aliphatic heterocycles. The van der Waals surface area contributed by atoms with E-state index in [1.54, 1.807) is 12.1 Å². The molecule has 0 aliphatic rings. The lowest BCUT2D eigenvalue weighted by molar-refractivity contribution is 0.429. The second-order valence-electron chi connectivity index (χ2n) is 4.54. The maximum atomic E-state index is 13.5. The van der Waals surface area contributed by atoms with Crippen molar-refractivity contribution in [2.75, 3.05) is 6.54 Å². The average molecular weight is 266 g/mol. The number of nitrogens with one attached hydrogen (secondary N) is 1. The number of hydrogen-bond donors (Lipinski definition) is 1. The van der Waals surface area contributed by atoms with Gasteiger partial charge in [-0.15, -0.1) is 11.8 Å². The predicted molar refractivity (Wildman–Crippen MR) is 74.0 cm³/mol. The highest BCUT2D eigenvalue weighted by molar-refractivity contribution is 8.00. The zero-order valence-corrected chi connectivity index (χ0v) is 11.9. The molecule has 0 aliphatic carbocycles. The maximum absolute atomic E-state index is 13.5. The van der Waals surface area contributed by atoms with E-state index in [0.717, 1.165) is 6.54 Å². The summed E-state index contributed by atoms with van der Waals surface area (Å²) in [5, 5.41) is 12.5. The molecular weight excluding hydrogens is 247 g/mol. The van der Waals surface area contributed by atoms with Crippen LogP contribution in [-0.2, 0) is 0 Å². The van der Waals surface area contributed by atoms with Gasteiger partial charge in [0.25, 0.3) is 0 Å². The van der Waals surface area contributed by atoms with Gasteiger partial charge in [-0.2, -0.15) is 5.26 Å². The molecule has 0 bridgehead atoms. The largest absolute Gasteiger partial charge is 0.300 e. The Morgan fingerprint density at radius 2 is 2.17 bits per heavy atom. The van der Waals surface area contributed by atoms with Gasteiger partial charge < -0.3 is 0 Å². The molecular formula is C14H19FN2S. The lowest BCUT2D eigenvalue weighted by Crippen LogP contribution is -2.42. The molecule has 0 saturated carbocycles. The first-order chi connectivity index (χ1) is 8.50. The minimum atomic E-state index is -0.549. The van der Waals surface area contributed by atoms with Crippen LogP contribution < -0.4 is 5.32 Å². The Bertz CT molecular complexity index is 430. The molecule has 2 nitrogen and oxygen atoms in total. The molecule has 98 valence electrons. The molecule has 1 aromatic rings. The number of thioether (sulfide) groups is 1. The number of halogens is 1. The van der Waals surface area contributed by atoms with Gasteiger partial charge in [-0.25, -0.2) is 4.39 Å². The van der Waals surface area contributed by atoms with Crippen LogP contribution in [0, 0.1) is 17.1 Å². The van der Waals surface area contributed by atoms with Gasteiger partial charge >= 0.3 is 0 Å². The number of benzene rings is 1. The highest BCUT2D eigenvalue weighted by Gasteiger charge is 2.25. The third kappa shape index (κ3) is 4.32. The first-order valence-electron chi connectivity index (χ1n) is 6.08. The molecule has 0 radical (unpaired) electrons. The van der Waals surface area contributed by atoms with Crippen molar-refractivity contribution in [1.29, 1.82) is 5.26 Å². The van der Waals surface area contributed by atoms with Gasteiger partial charge in [-0.3, -0.25) is 5.32 Å². The standard InChI is InChI=1S/C14H19FN2S/c1-4-17-14(3,10-16)9-11(2)18-13-8-6-5-7-12(13)15/h5-8,11,17H,4,9H2,1-3H3. The smallest absolute Gasteiger partial charge is 0.136 e. The quantitative estimate of drug-likeness (QED) is 0.799. The highest BCUT2D eigenvalue weighted by Crippen LogP contribution is 2.30. The molecule has 1 rings (SSSR count). The minimum absolute atomic E-state index is 0.172. The van der Waals surface area contributed by atoms with Crippen LogP contribution in [0.5, 0.6) is 0 Å². The fourth-order valence-electron chi connectivity index (χ4n) is 1.92. The Morgan fingerprint density at radius 1 is 1.50 bits per heavy atom. The summed E-state index contributed by atoms with van der Waals surface area (Å²) in [6.45, 7) is 6.63. The van der Waals surface area contributed by atoms with Crippen molar-refractivity contribution in [2.24, 2.45) is 0 Å². The summed E-state index contributed by atoms with van der Waals surface area (Å²) in [5.74, 6) is -0.198. The van der Waals surface area contributed by atoms with Crippen LogP contribution >= 0.6 is 11.8 Å². The SMILES string of the molecule is CCNC(C)(C#N)CC(C)Sc1ccccc1F. The zero-order valence-electron chi connectivity index (χ0n) is 11.0. The van der Waals surface area contributed by atoms with E-state index in [1.807, 2.05) is 26.8 Å². The normalized spacial score (nSPS) is 15.7. The van der Waals surface area contributed by atoms with Gasteiger partial charge in [0.1, 0.15) is 11.4 Å². The lowest BCUT2D eigenvalue weighted by atomic mass is 9.98. The van der Waals surface area contributed by atoms with Crippen molar-refractivity contribution in [3.8, 4) is 6.07 Å². The third-order valence-corrected chi connectivity index (χ3v) is 3.83. The number of nitrogens with zero attached hydrogens (tertiary/aromatic N) is 1. The Hall–Kier alpha value is -1.05. The fourth-order valence-corrected chi connectivity index (χ4v) is 3.11. The fraction of sp³-hybridized carbons (Fsp3) is 0.500. The molecule has 2 unspecified atom stereocenters. The van der Waals surface area contributed by atoms with Gasteiger partial charge in [0.15, 0.2) is 0 Å². The van der Waals surface area contributed by atoms with Crippen LogP contribution in [0.1, 0.15) is 27.2 Å². The summed E-state index contributed by atoms with van der Waals surface area (Å²) >= 11 is 1.47. The van der Waals surface area contributed by atoms with E-state index in [1.165, 1.54) is 17.8 Å². The lowest BCUT2D eigenvalue weighted by Gasteiger charge is -2.25. The predicted octanol–water partition coefficient (Wildman–Crippen LogP) is 3.59. The van der Waals surface area contributed by atoms with Gasteiger partial charge in [0.05, 0.1) is 6.07 Å². The molecule has 18 heavy (non-hydrogen) atoms. The Morgan fingerprint density at radius 3 is 2.72 bits per heavy atom. The van der Waals surface area contributed by atoms with E-state index in [0.29, 0.717) is 11.3 Å². The van der Waals surface area contributed by atoms with Gasteiger partial charge in [0, 0.05) is 10.1 Å². The van der Waals surface area contributed by atoms with Crippen molar-refractivity contribution in [2.45, 2.75) is 42.9 Å². The highest BCUT2D eigenvalue weighted by atomic mass is 32.2. The van der Waals surface area contributed by atoms with Crippen LogP contribution in [-0.4, -0.2) is 17.3 Å². The Balaban J connectivity index is 2.64. The minimum Gasteiger partial charge on any atom is -0.300 e. The Labute approximate surface area is 113 Å². The summed E-state index contributed by atoms with van der Waals surface area (Å²) in [4.78, 5) is 0.641. The second-order valence-corrected chi connectivity index (χ2v) is 6.02. The molecule has 0 amide bonds. The third-order valence-electron chi connectivity index (χ3n) is 2.67. The summed E-state index contributed by atoms with van der Waals surface area (Å²) in [6.07, 6.45) is 0.677. The molecule has 4 heteroatoms. The van der Waals surface area contributed by atoms with Crippen molar-refractivity contribution in [1.82, 2.24) is 5.32 Å². The summed E-state index contributed by atoms with van der Waals surface area (Å²) in [5.41, 5.74) is -0.549. The second kappa shape index (κ2) is 6.77. The molecule has 0 heterocycles. The molecule has 0 saturated heterocycles. The number of rotatable bonds is 6. The van der Waals surface area contributed by atoms with E-state index in [-0.39, 0.29) is 11.1 Å². The topological polar surface area (TPSA) is 35.8 Å². The van der Waals surface area contributed by atoms with Crippen LogP contribution in [0.3, 0.4) is 0 Å². The van der Waals surface area contributed by atoms with Gasteiger partial charge in [-0.05, 0) is 32.0 Å². The van der Waals surface area contributed by atoms with Crippen molar-refractivity contribution in [3.63, 3.8) is 0 Å². The number of nitriles is 1. The first-order valence-corrected chi connectivity index (χ1v) is 6.96. The molecule has 0 spiro atoms. The summed E-state index contributed by atoms with van der Waals surface area (Å²) in [7, 11) is 0. The van der Waals surface area contributed by atoms with Crippen LogP contribution in [0.4, 0.5) is 4.39 Å². The maximum Gasteiger partial charge on any atom is 0.136 e. The molecule has 1 aromatic carbocycles. The van der Waals surface area contributed by atoms with Gasteiger partial charge in [0.2, 0.25) is 0 Å². The van der Waals surface area contributed by atoms with E-state index in [9.17, 15) is 9.65 Å². The van der Waals surface area contributed by atoms with E-state index in [4.69, 9.17) is 0 Å². The summed E-state index contributed by atoms with van der Waals surface area (Å²) < 4.78 is 13.5.